The number of carbonyl (C=O) groups excluding carboxylic acids is 2. The fraction of sp³-hybridized carbons (Fsp3) is 0.875. The van der Waals surface area contributed by atoms with Crippen molar-refractivity contribution in [1.29, 1.82) is 0 Å². The summed E-state index contributed by atoms with van der Waals surface area (Å²) >= 11 is 0. The number of rotatable bonds is 13. The van der Waals surface area contributed by atoms with Gasteiger partial charge in [0.15, 0.2) is 0 Å². The van der Waals surface area contributed by atoms with Crippen molar-refractivity contribution in [1.82, 2.24) is 16.0 Å². The topological polar surface area (TPSA) is 154 Å². The van der Waals surface area contributed by atoms with Gasteiger partial charge in [0.05, 0.1) is 6.04 Å². The summed E-state index contributed by atoms with van der Waals surface area (Å²) in [5.41, 5.74) is 5.47. The SMILES string of the molecule is CC[C@@H](N[C@@H](CC(C)C)C(=O)N[C@@H](CCCCN)C(=O)NC)P(=O)(O)O. The van der Waals surface area contributed by atoms with E-state index in [-0.39, 0.29) is 18.2 Å². The lowest BCUT2D eigenvalue weighted by molar-refractivity contribution is -0.130. The molecule has 0 saturated heterocycles. The van der Waals surface area contributed by atoms with Crippen molar-refractivity contribution in [2.45, 2.75) is 70.7 Å². The number of nitrogens with two attached hydrogens (primary N) is 1. The monoisotopic (exact) mass is 394 g/mol. The second kappa shape index (κ2) is 12.4. The Balaban J connectivity index is 5.17. The summed E-state index contributed by atoms with van der Waals surface area (Å²) in [6.07, 6.45) is 2.46. The van der Waals surface area contributed by atoms with Crippen LogP contribution in [0.2, 0.25) is 0 Å². The Morgan fingerprint density at radius 3 is 2.15 bits per heavy atom. The quantitative estimate of drug-likeness (QED) is 0.193. The Hall–Kier alpha value is -0.990. The number of carbonyl (C=O) groups is 2. The molecular formula is C16H35N4O5P. The molecule has 0 aliphatic heterocycles. The van der Waals surface area contributed by atoms with E-state index in [0.29, 0.717) is 25.8 Å². The van der Waals surface area contributed by atoms with Crippen LogP contribution in [0.25, 0.3) is 0 Å². The molecule has 26 heavy (non-hydrogen) atoms. The average Bonchev–Trinajstić information content (AvgIpc) is 2.55. The van der Waals surface area contributed by atoms with E-state index in [1.807, 2.05) is 13.8 Å². The van der Waals surface area contributed by atoms with Gasteiger partial charge in [-0.15, -0.1) is 0 Å². The van der Waals surface area contributed by atoms with Crippen LogP contribution in [0.5, 0.6) is 0 Å². The molecule has 0 aromatic carbocycles. The molecule has 0 aromatic rings. The summed E-state index contributed by atoms with van der Waals surface area (Å²) in [5.74, 6) is -1.72. The highest BCUT2D eigenvalue weighted by Crippen LogP contribution is 2.41. The Morgan fingerprint density at radius 2 is 1.73 bits per heavy atom. The van der Waals surface area contributed by atoms with Crippen molar-refractivity contribution in [2.75, 3.05) is 13.6 Å². The van der Waals surface area contributed by atoms with Gasteiger partial charge in [0.25, 0.3) is 0 Å². The standard InChI is InChI=1S/C16H35N4O5P/c1-5-14(26(23,24)25)19-13(10-11(2)3)16(22)20-12(15(21)18-4)8-6-7-9-17/h11-14,19H,5-10,17H2,1-4H3,(H,18,21)(H,20,22)(H2,23,24,25)/t12-,13-,14-/m0/s1. The number of likely N-dealkylation sites (N-methyl/N-ethyl adjacent to an activating group) is 1. The largest absolute Gasteiger partial charge is 0.357 e. The van der Waals surface area contributed by atoms with Crippen LogP contribution in [-0.4, -0.2) is 53.1 Å². The van der Waals surface area contributed by atoms with Crippen molar-refractivity contribution in [2.24, 2.45) is 11.7 Å². The van der Waals surface area contributed by atoms with Gasteiger partial charge in [-0.3, -0.25) is 19.5 Å². The molecule has 0 aliphatic rings. The third-order valence-electron chi connectivity index (χ3n) is 4.04. The maximum absolute atomic E-state index is 12.7. The van der Waals surface area contributed by atoms with Crippen LogP contribution in [0.15, 0.2) is 0 Å². The Labute approximate surface area is 156 Å². The second-order valence-corrected chi connectivity index (χ2v) is 8.62. The van der Waals surface area contributed by atoms with Gasteiger partial charge in [-0.2, -0.15) is 0 Å². The van der Waals surface area contributed by atoms with Gasteiger partial charge >= 0.3 is 7.60 Å². The average molecular weight is 394 g/mol. The molecule has 154 valence electrons. The maximum atomic E-state index is 12.7. The van der Waals surface area contributed by atoms with Crippen molar-refractivity contribution in [3.63, 3.8) is 0 Å². The summed E-state index contributed by atoms with van der Waals surface area (Å²) in [5, 5.41) is 8.01. The molecular weight excluding hydrogens is 359 g/mol. The van der Waals surface area contributed by atoms with Gasteiger partial charge in [-0.05, 0) is 44.6 Å². The minimum absolute atomic E-state index is 0.128. The van der Waals surface area contributed by atoms with Crippen LogP contribution in [0.4, 0.5) is 0 Å². The Morgan fingerprint density at radius 1 is 1.12 bits per heavy atom. The molecule has 0 rings (SSSR count). The minimum Gasteiger partial charge on any atom is -0.357 e. The third-order valence-corrected chi connectivity index (χ3v) is 5.36. The number of amides is 2. The third kappa shape index (κ3) is 9.64. The lowest BCUT2D eigenvalue weighted by Crippen LogP contribution is -2.54. The number of nitrogens with one attached hydrogen (secondary N) is 3. The highest BCUT2D eigenvalue weighted by molar-refractivity contribution is 7.52. The van der Waals surface area contributed by atoms with E-state index in [1.165, 1.54) is 7.05 Å². The van der Waals surface area contributed by atoms with Gasteiger partial charge in [-0.1, -0.05) is 20.8 Å². The van der Waals surface area contributed by atoms with Crippen LogP contribution in [0, 0.1) is 5.92 Å². The summed E-state index contributed by atoms with van der Waals surface area (Å²) in [6.45, 7) is 5.98. The van der Waals surface area contributed by atoms with E-state index in [0.717, 1.165) is 6.42 Å². The van der Waals surface area contributed by atoms with Crippen LogP contribution in [-0.2, 0) is 14.2 Å². The van der Waals surface area contributed by atoms with Crippen LogP contribution in [0.1, 0.15) is 52.9 Å². The molecule has 0 bridgehead atoms. The first kappa shape index (κ1) is 25.0. The Kier molecular flexibility index (Phi) is 11.9. The first-order valence-corrected chi connectivity index (χ1v) is 10.8. The first-order chi connectivity index (χ1) is 12.1. The van der Waals surface area contributed by atoms with Gasteiger partial charge in [0.1, 0.15) is 11.8 Å². The van der Waals surface area contributed by atoms with E-state index in [1.54, 1.807) is 6.92 Å². The molecule has 0 heterocycles. The fourth-order valence-corrected chi connectivity index (χ4v) is 3.47. The van der Waals surface area contributed by atoms with Gasteiger partial charge < -0.3 is 26.2 Å². The number of unbranched alkanes of at least 4 members (excludes halogenated alkanes) is 1. The number of hydrogen-bond donors (Lipinski definition) is 6. The van der Waals surface area contributed by atoms with E-state index in [2.05, 4.69) is 16.0 Å². The molecule has 9 nitrogen and oxygen atoms in total. The lowest BCUT2D eigenvalue weighted by Gasteiger charge is -2.28. The molecule has 10 heteroatoms. The van der Waals surface area contributed by atoms with Gasteiger partial charge in [0, 0.05) is 7.05 Å². The van der Waals surface area contributed by atoms with Crippen LogP contribution in [0.3, 0.4) is 0 Å². The predicted molar refractivity (Wildman–Crippen MR) is 101 cm³/mol. The number of hydrogen-bond acceptors (Lipinski definition) is 5. The smallest absolute Gasteiger partial charge is 0.342 e. The molecule has 0 radical (unpaired) electrons. The molecule has 3 atom stereocenters. The molecule has 2 amide bonds. The predicted octanol–water partition coefficient (Wildman–Crippen LogP) is 0.264. The molecule has 0 aromatic heterocycles. The van der Waals surface area contributed by atoms with Crippen molar-refractivity contribution in [3.8, 4) is 0 Å². The lowest BCUT2D eigenvalue weighted by atomic mass is 10.0. The molecule has 0 unspecified atom stereocenters. The zero-order chi connectivity index (χ0) is 20.3. The summed E-state index contributed by atoms with van der Waals surface area (Å²) in [6, 6.07) is -1.50. The zero-order valence-electron chi connectivity index (χ0n) is 16.2. The molecule has 0 saturated carbocycles. The highest BCUT2D eigenvalue weighted by atomic mass is 31.2. The van der Waals surface area contributed by atoms with E-state index < -0.39 is 31.4 Å². The molecule has 0 fully saturated rings. The fourth-order valence-electron chi connectivity index (χ4n) is 2.62. The van der Waals surface area contributed by atoms with Gasteiger partial charge in [-0.25, -0.2) is 0 Å². The molecule has 0 spiro atoms. The highest BCUT2D eigenvalue weighted by Gasteiger charge is 2.33. The molecule has 7 N–H and O–H groups in total. The van der Waals surface area contributed by atoms with Crippen molar-refractivity contribution in [3.05, 3.63) is 0 Å². The van der Waals surface area contributed by atoms with Crippen molar-refractivity contribution >= 4 is 19.4 Å². The first-order valence-electron chi connectivity index (χ1n) is 9.10. The summed E-state index contributed by atoms with van der Waals surface area (Å²) < 4.78 is 11.6. The van der Waals surface area contributed by atoms with Gasteiger partial charge in [0.2, 0.25) is 11.8 Å². The summed E-state index contributed by atoms with van der Waals surface area (Å²) in [7, 11) is -2.88. The van der Waals surface area contributed by atoms with E-state index >= 15 is 0 Å². The van der Waals surface area contributed by atoms with Crippen molar-refractivity contribution < 1.29 is 23.9 Å². The van der Waals surface area contributed by atoms with E-state index in [9.17, 15) is 23.9 Å². The maximum Gasteiger partial charge on any atom is 0.342 e. The normalized spacial score (nSPS) is 15.4. The van der Waals surface area contributed by atoms with Crippen LogP contribution < -0.4 is 21.7 Å². The zero-order valence-corrected chi connectivity index (χ0v) is 17.1. The minimum atomic E-state index is -4.38. The summed E-state index contributed by atoms with van der Waals surface area (Å²) in [4.78, 5) is 43.6. The van der Waals surface area contributed by atoms with Crippen LogP contribution >= 0.6 is 7.60 Å². The Bertz CT molecular complexity index is 483. The van der Waals surface area contributed by atoms with E-state index in [4.69, 9.17) is 5.73 Å². The molecule has 0 aliphatic carbocycles. The second-order valence-electron chi connectivity index (χ2n) is 6.82.